The van der Waals surface area contributed by atoms with Gasteiger partial charge < -0.3 is 9.84 Å². The standard InChI is InChI=1S/C13H14O3S/c14-13(15)9-16-6-1-2-10-3-4-12-11(8-10)5-7-17-12/h3-5,7-8H,1-2,6,9H2,(H,14,15). The van der Waals surface area contributed by atoms with Crippen LogP contribution in [-0.4, -0.2) is 24.3 Å². The number of hydrogen-bond acceptors (Lipinski definition) is 3. The minimum atomic E-state index is -0.912. The summed E-state index contributed by atoms with van der Waals surface area (Å²) in [5.74, 6) is -0.912. The van der Waals surface area contributed by atoms with Crippen molar-refractivity contribution in [2.45, 2.75) is 12.8 Å². The molecule has 0 aliphatic carbocycles. The number of rotatable bonds is 6. The van der Waals surface area contributed by atoms with Crippen LogP contribution in [0, 0.1) is 0 Å². The molecule has 1 N–H and O–H groups in total. The topological polar surface area (TPSA) is 46.5 Å². The van der Waals surface area contributed by atoms with Crippen LogP contribution in [0.25, 0.3) is 10.1 Å². The lowest BCUT2D eigenvalue weighted by Gasteiger charge is -2.02. The summed E-state index contributed by atoms with van der Waals surface area (Å²) in [4.78, 5) is 10.2. The zero-order valence-corrected chi connectivity index (χ0v) is 10.2. The molecule has 0 atom stereocenters. The Morgan fingerprint density at radius 1 is 1.35 bits per heavy atom. The fraction of sp³-hybridized carbons (Fsp3) is 0.308. The molecule has 4 heteroatoms. The van der Waals surface area contributed by atoms with Gasteiger partial charge in [-0.25, -0.2) is 4.79 Å². The second-order valence-electron chi connectivity index (χ2n) is 3.84. The molecule has 0 fully saturated rings. The van der Waals surface area contributed by atoms with Crippen LogP contribution in [0.5, 0.6) is 0 Å². The normalized spacial score (nSPS) is 10.8. The average Bonchev–Trinajstić information content (AvgIpc) is 2.75. The molecule has 0 aliphatic heterocycles. The Labute approximate surface area is 104 Å². The van der Waals surface area contributed by atoms with E-state index in [1.165, 1.54) is 15.6 Å². The van der Waals surface area contributed by atoms with E-state index >= 15 is 0 Å². The van der Waals surface area contributed by atoms with Gasteiger partial charge in [-0.15, -0.1) is 11.3 Å². The van der Waals surface area contributed by atoms with Crippen LogP contribution in [0.3, 0.4) is 0 Å². The molecule has 0 unspecified atom stereocenters. The van der Waals surface area contributed by atoms with Crippen molar-refractivity contribution in [3.63, 3.8) is 0 Å². The number of carboxylic acid groups (broad SMARTS) is 1. The van der Waals surface area contributed by atoms with Crippen molar-refractivity contribution in [1.82, 2.24) is 0 Å². The third-order valence-corrected chi connectivity index (χ3v) is 3.39. The van der Waals surface area contributed by atoms with Crippen LogP contribution >= 0.6 is 11.3 Å². The lowest BCUT2D eigenvalue weighted by Crippen LogP contribution is -2.08. The number of aryl methyl sites for hydroxylation is 1. The number of carboxylic acids is 1. The smallest absolute Gasteiger partial charge is 0.329 e. The molecule has 1 heterocycles. The fourth-order valence-corrected chi connectivity index (χ4v) is 2.48. The van der Waals surface area contributed by atoms with E-state index in [0.717, 1.165) is 12.8 Å². The minimum absolute atomic E-state index is 0.205. The summed E-state index contributed by atoms with van der Waals surface area (Å²) < 4.78 is 6.29. The van der Waals surface area contributed by atoms with E-state index in [9.17, 15) is 4.79 Å². The van der Waals surface area contributed by atoms with Gasteiger partial charge in [0.1, 0.15) is 6.61 Å². The van der Waals surface area contributed by atoms with E-state index in [0.29, 0.717) is 6.61 Å². The quantitative estimate of drug-likeness (QED) is 0.802. The molecule has 0 bridgehead atoms. The number of aliphatic carboxylic acids is 1. The fourth-order valence-electron chi connectivity index (χ4n) is 1.71. The maximum atomic E-state index is 10.2. The van der Waals surface area contributed by atoms with Crippen molar-refractivity contribution < 1.29 is 14.6 Å². The van der Waals surface area contributed by atoms with Crippen LogP contribution in [-0.2, 0) is 16.0 Å². The Bertz CT molecular complexity index is 504. The summed E-state index contributed by atoms with van der Waals surface area (Å²) in [5, 5.41) is 11.8. The van der Waals surface area contributed by atoms with Crippen LogP contribution in [0.4, 0.5) is 0 Å². The van der Waals surface area contributed by atoms with Crippen LogP contribution in [0.1, 0.15) is 12.0 Å². The molecule has 2 rings (SSSR count). The largest absolute Gasteiger partial charge is 0.480 e. The first-order valence-corrected chi connectivity index (χ1v) is 6.39. The van der Waals surface area contributed by atoms with Gasteiger partial charge >= 0.3 is 5.97 Å². The monoisotopic (exact) mass is 250 g/mol. The van der Waals surface area contributed by atoms with Gasteiger partial charge in [0.05, 0.1) is 0 Å². The summed E-state index contributed by atoms with van der Waals surface area (Å²) in [6, 6.07) is 8.55. The zero-order valence-electron chi connectivity index (χ0n) is 9.39. The number of hydrogen-bond donors (Lipinski definition) is 1. The summed E-state index contributed by atoms with van der Waals surface area (Å²) in [6.45, 7) is 0.289. The Morgan fingerprint density at radius 2 is 2.24 bits per heavy atom. The van der Waals surface area contributed by atoms with E-state index in [-0.39, 0.29) is 6.61 Å². The lowest BCUT2D eigenvalue weighted by atomic mass is 10.1. The van der Waals surface area contributed by atoms with Crippen molar-refractivity contribution in [2.75, 3.05) is 13.2 Å². The number of carbonyl (C=O) groups is 1. The molecule has 2 aromatic rings. The maximum Gasteiger partial charge on any atom is 0.329 e. The predicted octanol–water partition coefficient (Wildman–Crippen LogP) is 2.94. The van der Waals surface area contributed by atoms with Gasteiger partial charge in [-0.2, -0.15) is 0 Å². The summed E-state index contributed by atoms with van der Waals surface area (Å²) in [5.41, 5.74) is 1.27. The molecular formula is C13H14O3S. The SMILES string of the molecule is O=C(O)COCCCc1ccc2sccc2c1. The molecule has 1 aromatic heterocycles. The molecule has 0 saturated heterocycles. The Kier molecular flexibility index (Phi) is 4.12. The number of ether oxygens (including phenoxy) is 1. The molecular weight excluding hydrogens is 236 g/mol. The van der Waals surface area contributed by atoms with Crippen LogP contribution in [0.15, 0.2) is 29.6 Å². The van der Waals surface area contributed by atoms with Crippen molar-refractivity contribution >= 4 is 27.4 Å². The van der Waals surface area contributed by atoms with Crippen molar-refractivity contribution in [1.29, 1.82) is 0 Å². The van der Waals surface area contributed by atoms with E-state index in [4.69, 9.17) is 9.84 Å². The third kappa shape index (κ3) is 3.54. The lowest BCUT2D eigenvalue weighted by molar-refractivity contribution is -0.142. The van der Waals surface area contributed by atoms with Gasteiger partial charge in [0.15, 0.2) is 0 Å². The van der Waals surface area contributed by atoms with Crippen molar-refractivity contribution in [2.24, 2.45) is 0 Å². The first kappa shape index (κ1) is 12.1. The highest BCUT2D eigenvalue weighted by Gasteiger charge is 1.99. The van der Waals surface area contributed by atoms with Gasteiger partial charge in [-0.1, -0.05) is 12.1 Å². The number of benzene rings is 1. The number of fused-ring (bicyclic) bond motifs is 1. The number of thiophene rings is 1. The van der Waals surface area contributed by atoms with E-state index in [1.54, 1.807) is 11.3 Å². The molecule has 1 aromatic carbocycles. The third-order valence-electron chi connectivity index (χ3n) is 2.50. The van der Waals surface area contributed by atoms with Gasteiger partial charge in [-0.3, -0.25) is 0 Å². The molecule has 3 nitrogen and oxygen atoms in total. The highest BCUT2D eigenvalue weighted by Crippen LogP contribution is 2.22. The van der Waals surface area contributed by atoms with Crippen molar-refractivity contribution in [3.8, 4) is 0 Å². The Morgan fingerprint density at radius 3 is 3.06 bits per heavy atom. The Hall–Kier alpha value is -1.39. The molecule has 90 valence electrons. The van der Waals surface area contributed by atoms with Crippen LogP contribution in [0.2, 0.25) is 0 Å². The van der Waals surface area contributed by atoms with Gasteiger partial charge in [0.25, 0.3) is 0 Å². The first-order chi connectivity index (χ1) is 8.25. The predicted molar refractivity (Wildman–Crippen MR) is 68.6 cm³/mol. The highest BCUT2D eigenvalue weighted by molar-refractivity contribution is 7.17. The molecule has 17 heavy (non-hydrogen) atoms. The van der Waals surface area contributed by atoms with Gasteiger partial charge in [-0.05, 0) is 41.3 Å². The molecule has 0 saturated carbocycles. The van der Waals surface area contributed by atoms with E-state index < -0.39 is 5.97 Å². The van der Waals surface area contributed by atoms with Gasteiger partial charge in [0, 0.05) is 11.3 Å². The highest BCUT2D eigenvalue weighted by atomic mass is 32.1. The molecule has 0 radical (unpaired) electrons. The second-order valence-corrected chi connectivity index (χ2v) is 4.79. The van der Waals surface area contributed by atoms with Gasteiger partial charge in [0.2, 0.25) is 0 Å². The average molecular weight is 250 g/mol. The summed E-state index contributed by atoms with van der Waals surface area (Å²) in [7, 11) is 0. The second kappa shape index (κ2) is 5.80. The maximum absolute atomic E-state index is 10.2. The van der Waals surface area contributed by atoms with E-state index in [1.807, 2.05) is 0 Å². The van der Waals surface area contributed by atoms with Crippen LogP contribution < -0.4 is 0 Å². The van der Waals surface area contributed by atoms with Crippen molar-refractivity contribution in [3.05, 3.63) is 35.2 Å². The summed E-state index contributed by atoms with van der Waals surface area (Å²) in [6.07, 6.45) is 1.77. The Balaban J connectivity index is 1.80. The summed E-state index contributed by atoms with van der Waals surface area (Å²) >= 11 is 1.74. The zero-order chi connectivity index (χ0) is 12.1. The first-order valence-electron chi connectivity index (χ1n) is 5.51. The molecule has 0 aliphatic rings. The van der Waals surface area contributed by atoms with E-state index in [2.05, 4.69) is 29.6 Å². The molecule has 0 amide bonds. The molecule has 0 spiro atoms. The minimum Gasteiger partial charge on any atom is -0.480 e.